The number of rotatable bonds is 1. The first-order valence-corrected chi connectivity index (χ1v) is 5.65. The summed E-state index contributed by atoms with van der Waals surface area (Å²) >= 11 is 6.16. The molecule has 1 aliphatic rings. The number of aromatic nitrogens is 1. The molecule has 0 saturated carbocycles. The van der Waals surface area contributed by atoms with Crippen LogP contribution in [0.4, 0.5) is 0 Å². The Hall–Kier alpha value is -0.990. The first-order valence-electron chi connectivity index (χ1n) is 5.27. The minimum absolute atomic E-state index is 0.479. The van der Waals surface area contributed by atoms with Crippen LogP contribution in [0.5, 0.6) is 0 Å². The number of aromatic amines is 1. The summed E-state index contributed by atoms with van der Waals surface area (Å²) in [6, 6.07) is 6.58. The van der Waals surface area contributed by atoms with E-state index in [1.54, 1.807) is 0 Å². The van der Waals surface area contributed by atoms with Crippen LogP contribution in [0, 0.1) is 0 Å². The molecule has 0 spiro atoms. The summed E-state index contributed by atoms with van der Waals surface area (Å²) in [6.45, 7) is 0. The molecule has 1 aromatic carbocycles. The molecule has 0 aliphatic heterocycles. The Balaban J connectivity index is 2.32. The van der Waals surface area contributed by atoms with Gasteiger partial charge >= 0.3 is 0 Å². The van der Waals surface area contributed by atoms with Crippen molar-refractivity contribution in [3.63, 3.8) is 0 Å². The number of fused-ring (bicyclic) bond motifs is 3. The van der Waals surface area contributed by atoms with Gasteiger partial charge in [-0.1, -0.05) is 23.7 Å². The number of benzene rings is 1. The molecular weight excluding hydrogens is 208 g/mol. The number of H-pyrrole nitrogens is 1. The minimum Gasteiger partial charge on any atom is -0.357 e. The van der Waals surface area contributed by atoms with Crippen LogP contribution in [-0.4, -0.2) is 12.0 Å². The van der Waals surface area contributed by atoms with Crippen molar-refractivity contribution in [3.8, 4) is 0 Å². The van der Waals surface area contributed by atoms with Gasteiger partial charge < -0.3 is 10.3 Å². The maximum absolute atomic E-state index is 6.16. The van der Waals surface area contributed by atoms with E-state index >= 15 is 0 Å². The van der Waals surface area contributed by atoms with Crippen LogP contribution in [0.2, 0.25) is 5.02 Å². The van der Waals surface area contributed by atoms with Crippen molar-refractivity contribution in [3.05, 3.63) is 34.5 Å². The summed E-state index contributed by atoms with van der Waals surface area (Å²) in [4.78, 5) is 3.44. The van der Waals surface area contributed by atoms with E-state index in [0.29, 0.717) is 6.04 Å². The Labute approximate surface area is 93.6 Å². The molecule has 1 aliphatic carbocycles. The van der Waals surface area contributed by atoms with Gasteiger partial charge in [0.25, 0.3) is 0 Å². The average molecular weight is 221 g/mol. The number of aryl methyl sites for hydroxylation is 1. The van der Waals surface area contributed by atoms with Crippen molar-refractivity contribution in [1.82, 2.24) is 10.3 Å². The third kappa shape index (κ3) is 1.22. The fraction of sp³-hybridized carbons (Fsp3) is 0.333. The Morgan fingerprint density at radius 1 is 1.47 bits per heavy atom. The summed E-state index contributed by atoms with van der Waals surface area (Å²) in [7, 11) is 2.02. The predicted molar refractivity (Wildman–Crippen MR) is 63.4 cm³/mol. The zero-order valence-corrected chi connectivity index (χ0v) is 9.36. The third-order valence-corrected chi connectivity index (χ3v) is 3.60. The molecule has 1 aromatic heterocycles. The molecule has 0 bridgehead atoms. The Morgan fingerprint density at radius 2 is 2.33 bits per heavy atom. The van der Waals surface area contributed by atoms with Crippen LogP contribution < -0.4 is 5.32 Å². The maximum atomic E-state index is 6.16. The Bertz CT molecular complexity index is 516. The molecule has 3 heteroatoms. The lowest BCUT2D eigenvalue weighted by molar-refractivity contribution is 0.593. The molecule has 2 nitrogen and oxygen atoms in total. The van der Waals surface area contributed by atoms with Crippen molar-refractivity contribution in [1.29, 1.82) is 0 Å². The fourth-order valence-corrected chi connectivity index (χ4v) is 2.80. The van der Waals surface area contributed by atoms with Gasteiger partial charge in [-0.05, 0) is 31.5 Å². The molecule has 0 saturated heterocycles. The highest BCUT2D eigenvalue weighted by molar-refractivity contribution is 6.35. The van der Waals surface area contributed by atoms with E-state index in [4.69, 9.17) is 11.6 Å². The molecule has 78 valence electrons. The molecule has 1 atom stereocenters. The highest BCUT2D eigenvalue weighted by Crippen LogP contribution is 2.38. The number of hydrogen-bond acceptors (Lipinski definition) is 1. The summed E-state index contributed by atoms with van der Waals surface area (Å²) < 4.78 is 0. The fourth-order valence-electron chi connectivity index (χ4n) is 2.57. The molecular formula is C12H13ClN2. The van der Waals surface area contributed by atoms with Crippen molar-refractivity contribution in [2.45, 2.75) is 18.9 Å². The topological polar surface area (TPSA) is 27.8 Å². The molecule has 1 heterocycles. The number of para-hydroxylation sites is 1. The highest BCUT2D eigenvalue weighted by Gasteiger charge is 2.25. The molecule has 15 heavy (non-hydrogen) atoms. The van der Waals surface area contributed by atoms with Crippen LogP contribution >= 0.6 is 11.6 Å². The quantitative estimate of drug-likeness (QED) is 0.760. The van der Waals surface area contributed by atoms with E-state index < -0.39 is 0 Å². The van der Waals surface area contributed by atoms with Crippen molar-refractivity contribution < 1.29 is 0 Å². The SMILES string of the molecule is CNC1CCc2[nH]c3c(Cl)cccc3c21. The van der Waals surface area contributed by atoms with Crippen molar-refractivity contribution >= 4 is 22.5 Å². The molecule has 0 fully saturated rings. The summed E-state index contributed by atoms with van der Waals surface area (Å²) in [5.74, 6) is 0. The zero-order valence-electron chi connectivity index (χ0n) is 8.60. The normalized spacial score (nSPS) is 19.7. The molecule has 2 N–H and O–H groups in total. The number of hydrogen-bond donors (Lipinski definition) is 2. The van der Waals surface area contributed by atoms with Gasteiger partial charge in [0.2, 0.25) is 0 Å². The summed E-state index contributed by atoms with van der Waals surface area (Å²) in [5, 5.41) is 5.44. The van der Waals surface area contributed by atoms with Gasteiger partial charge in [-0.25, -0.2) is 0 Å². The van der Waals surface area contributed by atoms with Gasteiger partial charge in [0.15, 0.2) is 0 Å². The predicted octanol–water partition coefficient (Wildman–Crippen LogP) is 3.03. The minimum atomic E-state index is 0.479. The first kappa shape index (κ1) is 9.25. The van der Waals surface area contributed by atoms with Gasteiger partial charge in [0.05, 0.1) is 10.5 Å². The lowest BCUT2D eigenvalue weighted by Crippen LogP contribution is -2.12. The van der Waals surface area contributed by atoms with E-state index in [1.165, 1.54) is 23.1 Å². The Morgan fingerprint density at radius 3 is 3.13 bits per heavy atom. The average Bonchev–Trinajstić information content (AvgIpc) is 2.77. The molecule has 2 aromatic rings. The second kappa shape index (κ2) is 3.26. The van der Waals surface area contributed by atoms with E-state index in [9.17, 15) is 0 Å². The van der Waals surface area contributed by atoms with Gasteiger partial charge in [-0.15, -0.1) is 0 Å². The van der Waals surface area contributed by atoms with Gasteiger partial charge in [0.1, 0.15) is 0 Å². The number of nitrogens with one attached hydrogen (secondary N) is 2. The van der Waals surface area contributed by atoms with E-state index in [2.05, 4.69) is 16.4 Å². The summed E-state index contributed by atoms with van der Waals surface area (Å²) in [5.41, 5.74) is 3.84. The van der Waals surface area contributed by atoms with Crippen LogP contribution in [0.3, 0.4) is 0 Å². The molecule has 3 rings (SSSR count). The second-order valence-electron chi connectivity index (χ2n) is 4.06. The summed E-state index contributed by atoms with van der Waals surface area (Å²) in [6.07, 6.45) is 2.30. The third-order valence-electron chi connectivity index (χ3n) is 3.28. The molecule has 1 unspecified atom stereocenters. The van der Waals surface area contributed by atoms with E-state index in [0.717, 1.165) is 17.0 Å². The van der Waals surface area contributed by atoms with Crippen molar-refractivity contribution in [2.24, 2.45) is 0 Å². The number of halogens is 1. The van der Waals surface area contributed by atoms with E-state index in [-0.39, 0.29) is 0 Å². The monoisotopic (exact) mass is 220 g/mol. The first-order chi connectivity index (χ1) is 7.31. The maximum Gasteiger partial charge on any atom is 0.0648 e. The standard InChI is InChI=1S/C12H13ClN2/c1-14-9-5-6-10-11(9)7-3-2-4-8(13)12(7)15-10/h2-4,9,14-15H,5-6H2,1H3. The highest BCUT2D eigenvalue weighted by atomic mass is 35.5. The van der Waals surface area contributed by atoms with Gasteiger partial charge in [0, 0.05) is 17.1 Å². The van der Waals surface area contributed by atoms with Gasteiger partial charge in [-0.3, -0.25) is 0 Å². The van der Waals surface area contributed by atoms with Crippen LogP contribution in [-0.2, 0) is 6.42 Å². The largest absolute Gasteiger partial charge is 0.357 e. The smallest absolute Gasteiger partial charge is 0.0648 e. The van der Waals surface area contributed by atoms with E-state index in [1.807, 2.05) is 19.2 Å². The zero-order chi connectivity index (χ0) is 10.4. The van der Waals surface area contributed by atoms with Crippen LogP contribution in [0.1, 0.15) is 23.7 Å². The van der Waals surface area contributed by atoms with Crippen molar-refractivity contribution in [2.75, 3.05) is 7.05 Å². The van der Waals surface area contributed by atoms with Crippen LogP contribution in [0.25, 0.3) is 10.9 Å². The van der Waals surface area contributed by atoms with Gasteiger partial charge in [-0.2, -0.15) is 0 Å². The molecule has 0 radical (unpaired) electrons. The second-order valence-corrected chi connectivity index (χ2v) is 4.47. The lowest BCUT2D eigenvalue weighted by Gasteiger charge is -2.08. The van der Waals surface area contributed by atoms with Crippen LogP contribution in [0.15, 0.2) is 18.2 Å². The molecule has 0 amide bonds. The lowest BCUT2D eigenvalue weighted by atomic mass is 10.1. The Kier molecular flexibility index (Phi) is 2.01.